The summed E-state index contributed by atoms with van der Waals surface area (Å²) in [5, 5.41) is 21.0. The molecule has 1 unspecified atom stereocenters. The van der Waals surface area contributed by atoms with Crippen molar-refractivity contribution in [2.75, 3.05) is 19.8 Å². The van der Waals surface area contributed by atoms with Crippen LogP contribution in [0.4, 0.5) is 4.79 Å². The van der Waals surface area contributed by atoms with E-state index in [0.29, 0.717) is 6.42 Å². The van der Waals surface area contributed by atoms with Crippen molar-refractivity contribution in [1.82, 2.24) is 10.2 Å². The minimum absolute atomic E-state index is 0.0654. The molecule has 0 spiro atoms. The van der Waals surface area contributed by atoms with Gasteiger partial charge in [0.2, 0.25) is 5.91 Å². The number of nitrogens with zero attached hydrogens (tertiary/aromatic N) is 1. The van der Waals surface area contributed by atoms with Crippen molar-refractivity contribution < 1.29 is 29.3 Å². The molecular formula is C27H34N2O6. The lowest BCUT2D eigenvalue weighted by Gasteiger charge is -2.38. The van der Waals surface area contributed by atoms with Crippen LogP contribution >= 0.6 is 0 Å². The molecule has 0 aliphatic heterocycles. The number of rotatable bonds is 10. The second-order valence-electron chi connectivity index (χ2n) is 9.69. The standard InChI is InChI=1S/C27H34N2O6/c1-27(2,3)29(15-8-16-30)25(33)23(13-14-24(31)32)28-26(34)35-17-22-20-11-6-4-9-18(20)19-10-5-7-12-21(19)22/h4-7,9-12,22-23,30H,8,13-17H2,1-3H3,(H,28,34)(H,31,32). The maximum atomic E-state index is 13.3. The number of aliphatic hydroxyl groups is 1. The topological polar surface area (TPSA) is 116 Å². The zero-order chi connectivity index (χ0) is 25.6. The quantitative estimate of drug-likeness (QED) is 0.475. The van der Waals surface area contributed by atoms with Crippen molar-refractivity contribution in [3.63, 3.8) is 0 Å². The van der Waals surface area contributed by atoms with Gasteiger partial charge in [-0.3, -0.25) is 9.59 Å². The molecule has 188 valence electrons. The smallest absolute Gasteiger partial charge is 0.407 e. The van der Waals surface area contributed by atoms with Crippen LogP contribution in [0.3, 0.4) is 0 Å². The number of carbonyl (C=O) groups excluding carboxylic acids is 2. The largest absolute Gasteiger partial charge is 0.481 e. The fourth-order valence-electron chi connectivity index (χ4n) is 4.50. The SMILES string of the molecule is CC(C)(C)N(CCCO)C(=O)C(CCC(=O)O)NC(=O)OCC1c2ccccc2-c2ccccc21. The lowest BCUT2D eigenvalue weighted by atomic mass is 9.98. The minimum atomic E-state index is -1.06. The Hall–Kier alpha value is -3.39. The lowest BCUT2D eigenvalue weighted by Crippen LogP contribution is -2.55. The Balaban J connectivity index is 1.72. The highest BCUT2D eigenvalue weighted by atomic mass is 16.5. The van der Waals surface area contributed by atoms with Gasteiger partial charge in [0.25, 0.3) is 0 Å². The Labute approximate surface area is 205 Å². The maximum absolute atomic E-state index is 13.3. The summed E-state index contributed by atoms with van der Waals surface area (Å²) in [4.78, 5) is 38.8. The van der Waals surface area contributed by atoms with E-state index in [2.05, 4.69) is 5.32 Å². The lowest BCUT2D eigenvalue weighted by molar-refractivity contribution is -0.140. The van der Waals surface area contributed by atoms with Gasteiger partial charge in [0.1, 0.15) is 12.6 Å². The normalized spacial score (nSPS) is 13.5. The van der Waals surface area contributed by atoms with Crippen LogP contribution in [0.1, 0.15) is 57.1 Å². The van der Waals surface area contributed by atoms with Crippen molar-refractivity contribution in [3.8, 4) is 11.1 Å². The molecule has 0 saturated heterocycles. The van der Waals surface area contributed by atoms with E-state index in [1.807, 2.05) is 69.3 Å². The van der Waals surface area contributed by atoms with Crippen LogP contribution in [0.5, 0.6) is 0 Å². The molecule has 2 amide bonds. The van der Waals surface area contributed by atoms with Crippen molar-refractivity contribution in [2.24, 2.45) is 0 Å². The summed E-state index contributed by atoms with van der Waals surface area (Å²) < 4.78 is 5.57. The van der Waals surface area contributed by atoms with Crippen LogP contribution in [0.25, 0.3) is 11.1 Å². The first-order valence-electron chi connectivity index (χ1n) is 11.9. The highest BCUT2D eigenvalue weighted by molar-refractivity contribution is 5.87. The van der Waals surface area contributed by atoms with Crippen LogP contribution in [0, 0.1) is 0 Å². The average molecular weight is 483 g/mol. The van der Waals surface area contributed by atoms with Gasteiger partial charge in [0.05, 0.1) is 0 Å². The average Bonchev–Trinajstić information content (AvgIpc) is 3.13. The van der Waals surface area contributed by atoms with E-state index in [0.717, 1.165) is 22.3 Å². The monoisotopic (exact) mass is 482 g/mol. The first-order chi connectivity index (χ1) is 16.6. The van der Waals surface area contributed by atoms with Gasteiger partial charge in [-0.15, -0.1) is 0 Å². The van der Waals surface area contributed by atoms with Crippen molar-refractivity contribution in [1.29, 1.82) is 0 Å². The molecule has 2 aromatic rings. The predicted octanol–water partition coefficient (Wildman–Crippen LogP) is 3.77. The summed E-state index contributed by atoms with van der Waals surface area (Å²) in [6.45, 7) is 5.85. The molecule has 2 aromatic carbocycles. The highest BCUT2D eigenvalue weighted by Crippen LogP contribution is 2.44. The van der Waals surface area contributed by atoms with Gasteiger partial charge in [0, 0.05) is 31.0 Å². The molecule has 0 heterocycles. The number of alkyl carbamates (subject to hydrolysis) is 1. The number of aliphatic hydroxyl groups excluding tert-OH is 1. The zero-order valence-electron chi connectivity index (χ0n) is 20.5. The number of carboxylic acids is 1. The maximum Gasteiger partial charge on any atom is 0.407 e. The fourth-order valence-corrected chi connectivity index (χ4v) is 4.50. The third kappa shape index (κ3) is 6.39. The predicted molar refractivity (Wildman–Crippen MR) is 132 cm³/mol. The van der Waals surface area contributed by atoms with Gasteiger partial charge in [-0.25, -0.2) is 4.79 Å². The van der Waals surface area contributed by atoms with Gasteiger partial charge in [0.15, 0.2) is 0 Å². The number of hydrogen-bond donors (Lipinski definition) is 3. The Morgan fingerprint density at radius 2 is 1.60 bits per heavy atom. The van der Waals surface area contributed by atoms with Crippen molar-refractivity contribution >= 4 is 18.0 Å². The number of aliphatic carboxylic acids is 1. The summed E-state index contributed by atoms with van der Waals surface area (Å²) in [6.07, 6.45) is -0.742. The van der Waals surface area contributed by atoms with Crippen LogP contribution in [-0.4, -0.2) is 64.4 Å². The first-order valence-corrected chi connectivity index (χ1v) is 11.9. The summed E-state index contributed by atoms with van der Waals surface area (Å²) in [5.41, 5.74) is 3.79. The van der Waals surface area contributed by atoms with Crippen LogP contribution in [0.15, 0.2) is 48.5 Å². The number of hydrogen-bond acceptors (Lipinski definition) is 5. The summed E-state index contributed by atoms with van der Waals surface area (Å²) in [5.74, 6) is -1.59. The Kier molecular flexibility index (Phi) is 8.51. The van der Waals surface area contributed by atoms with Crippen LogP contribution in [-0.2, 0) is 14.3 Å². The minimum Gasteiger partial charge on any atom is -0.481 e. The van der Waals surface area contributed by atoms with E-state index in [1.54, 1.807) is 4.90 Å². The number of carboxylic acid groups (broad SMARTS) is 1. The second kappa shape index (κ2) is 11.4. The number of amides is 2. The summed E-state index contributed by atoms with van der Waals surface area (Å²) >= 11 is 0. The Bertz CT molecular complexity index is 1020. The molecule has 0 radical (unpaired) electrons. The number of carbonyl (C=O) groups is 3. The van der Waals surface area contributed by atoms with Gasteiger partial charge in [-0.1, -0.05) is 48.5 Å². The highest BCUT2D eigenvalue weighted by Gasteiger charge is 2.34. The number of fused-ring (bicyclic) bond motifs is 3. The zero-order valence-corrected chi connectivity index (χ0v) is 20.5. The van der Waals surface area contributed by atoms with E-state index in [1.165, 1.54) is 0 Å². The molecule has 1 atom stereocenters. The second-order valence-corrected chi connectivity index (χ2v) is 9.69. The molecule has 0 saturated carbocycles. The third-order valence-corrected chi connectivity index (χ3v) is 6.20. The van der Waals surface area contributed by atoms with E-state index < -0.39 is 29.6 Å². The van der Waals surface area contributed by atoms with Gasteiger partial charge < -0.3 is 25.2 Å². The van der Waals surface area contributed by atoms with Crippen molar-refractivity contribution in [3.05, 3.63) is 59.7 Å². The molecule has 0 aromatic heterocycles. The summed E-state index contributed by atoms with van der Waals surface area (Å²) in [7, 11) is 0. The molecule has 3 N–H and O–H groups in total. The molecule has 8 nitrogen and oxygen atoms in total. The molecule has 35 heavy (non-hydrogen) atoms. The van der Waals surface area contributed by atoms with Gasteiger partial charge in [-0.2, -0.15) is 0 Å². The molecular weight excluding hydrogens is 448 g/mol. The number of benzene rings is 2. The van der Waals surface area contributed by atoms with Crippen LogP contribution < -0.4 is 5.32 Å². The van der Waals surface area contributed by atoms with E-state index in [4.69, 9.17) is 9.84 Å². The Morgan fingerprint density at radius 3 is 2.11 bits per heavy atom. The molecule has 1 aliphatic carbocycles. The third-order valence-electron chi connectivity index (χ3n) is 6.20. The van der Waals surface area contributed by atoms with Crippen molar-refractivity contribution in [2.45, 2.75) is 57.5 Å². The van der Waals surface area contributed by atoms with Gasteiger partial charge in [-0.05, 0) is 55.9 Å². The summed E-state index contributed by atoms with van der Waals surface area (Å²) in [6, 6.07) is 14.9. The number of ether oxygens (including phenoxy) is 1. The number of nitrogens with one attached hydrogen (secondary N) is 1. The first kappa shape index (κ1) is 26.2. The van der Waals surface area contributed by atoms with E-state index in [-0.39, 0.29) is 38.5 Å². The fraction of sp³-hybridized carbons (Fsp3) is 0.444. The Morgan fingerprint density at radius 1 is 1.03 bits per heavy atom. The molecule has 0 bridgehead atoms. The van der Waals surface area contributed by atoms with Gasteiger partial charge >= 0.3 is 12.1 Å². The van der Waals surface area contributed by atoms with Crippen LogP contribution in [0.2, 0.25) is 0 Å². The molecule has 3 rings (SSSR count). The molecule has 8 heteroatoms. The molecule has 1 aliphatic rings. The van der Waals surface area contributed by atoms with E-state index >= 15 is 0 Å². The molecule has 0 fully saturated rings. The van der Waals surface area contributed by atoms with E-state index in [9.17, 15) is 19.5 Å².